The first kappa shape index (κ1) is 10.8. The average molecular weight is 222 g/mol. The van der Waals surface area contributed by atoms with Crippen LogP contribution in [-0.2, 0) is 0 Å². The molecule has 1 fully saturated rings. The van der Waals surface area contributed by atoms with Crippen LogP contribution in [0.15, 0.2) is 18.3 Å². The molecular formula is C10H14N4O2. The minimum absolute atomic E-state index is 0.105. The summed E-state index contributed by atoms with van der Waals surface area (Å²) in [5.41, 5.74) is 0.944. The number of piperazine rings is 1. The van der Waals surface area contributed by atoms with E-state index < -0.39 is 4.92 Å². The number of nitro groups is 1. The lowest BCUT2D eigenvalue weighted by atomic mass is 10.2. The zero-order valence-electron chi connectivity index (χ0n) is 9.09. The second kappa shape index (κ2) is 4.44. The van der Waals surface area contributed by atoms with E-state index >= 15 is 0 Å². The van der Waals surface area contributed by atoms with Crippen LogP contribution in [0, 0.1) is 10.1 Å². The summed E-state index contributed by atoms with van der Waals surface area (Å²) in [6.45, 7) is 4.88. The van der Waals surface area contributed by atoms with Gasteiger partial charge >= 0.3 is 5.82 Å². The van der Waals surface area contributed by atoms with Gasteiger partial charge in [0.1, 0.15) is 0 Å². The van der Waals surface area contributed by atoms with E-state index in [-0.39, 0.29) is 5.82 Å². The largest absolute Gasteiger partial charge is 0.363 e. The fraction of sp³-hybridized carbons (Fsp3) is 0.500. The minimum Gasteiger partial charge on any atom is -0.363 e. The van der Waals surface area contributed by atoms with E-state index in [1.165, 1.54) is 6.07 Å². The molecule has 1 aliphatic rings. The summed E-state index contributed by atoms with van der Waals surface area (Å²) in [6.07, 6.45) is 1.57. The third-order valence-corrected chi connectivity index (χ3v) is 2.75. The Bertz CT molecular complexity index is 379. The van der Waals surface area contributed by atoms with Crippen LogP contribution in [-0.4, -0.2) is 35.6 Å². The zero-order chi connectivity index (χ0) is 11.5. The second-order valence-corrected chi connectivity index (χ2v) is 3.88. The number of nitrogens with zero attached hydrogens (tertiary/aromatic N) is 3. The van der Waals surface area contributed by atoms with Crippen LogP contribution in [0.4, 0.5) is 11.5 Å². The Balaban J connectivity index is 2.17. The van der Waals surface area contributed by atoms with Crippen molar-refractivity contribution in [2.75, 3.05) is 24.5 Å². The van der Waals surface area contributed by atoms with Gasteiger partial charge in [-0.25, -0.2) is 0 Å². The third kappa shape index (κ3) is 2.11. The van der Waals surface area contributed by atoms with Crippen LogP contribution in [0.25, 0.3) is 0 Å². The molecule has 0 unspecified atom stereocenters. The molecule has 0 bridgehead atoms. The van der Waals surface area contributed by atoms with Crippen molar-refractivity contribution < 1.29 is 4.92 Å². The number of anilines is 1. The second-order valence-electron chi connectivity index (χ2n) is 3.88. The van der Waals surface area contributed by atoms with E-state index in [1.807, 2.05) is 0 Å². The predicted octanol–water partition coefficient (Wildman–Crippen LogP) is 0.788. The molecule has 0 aliphatic carbocycles. The molecule has 16 heavy (non-hydrogen) atoms. The standard InChI is InChI=1S/C10H14N4O2/c1-8-6-11-4-5-13(8)9-2-3-10(12-7-9)14(15)16/h2-3,7-8,11H,4-6H2,1H3/t8-/m1/s1. The van der Waals surface area contributed by atoms with Gasteiger partial charge in [-0.1, -0.05) is 0 Å². The van der Waals surface area contributed by atoms with E-state index in [2.05, 4.69) is 22.1 Å². The first-order valence-electron chi connectivity index (χ1n) is 5.26. The fourth-order valence-corrected chi connectivity index (χ4v) is 1.88. The highest BCUT2D eigenvalue weighted by Crippen LogP contribution is 2.19. The molecule has 6 heteroatoms. The number of hydrogen-bond donors (Lipinski definition) is 1. The van der Waals surface area contributed by atoms with Gasteiger partial charge in [0, 0.05) is 31.7 Å². The molecule has 0 radical (unpaired) electrons. The lowest BCUT2D eigenvalue weighted by Gasteiger charge is -2.34. The predicted molar refractivity (Wildman–Crippen MR) is 60.6 cm³/mol. The van der Waals surface area contributed by atoms with Crippen LogP contribution >= 0.6 is 0 Å². The van der Waals surface area contributed by atoms with Crippen LogP contribution in [0.1, 0.15) is 6.92 Å². The van der Waals surface area contributed by atoms with Crippen LogP contribution in [0.2, 0.25) is 0 Å². The molecule has 1 N–H and O–H groups in total. The van der Waals surface area contributed by atoms with Gasteiger partial charge in [-0.3, -0.25) is 0 Å². The maximum absolute atomic E-state index is 10.5. The fourth-order valence-electron chi connectivity index (χ4n) is 1.88. The molecule has 1 aromatic heterocycles. The number of nitrogens with one attached hydrogen (secondary N) is 1. The highest BCUT2D eigenvalue weighted by Gasteiger charge is 2.19. The van der Waals surface area contributed by atoms with E-state index in [9.17, 15) is 10.1 Å². The summed E-state index contributed by atoms with van der Waals surface area (Å²) >= 11 is 0. The number of aromatic nitrogens is 1. The molecule has 2 rings (SSSR count). The van der Waals surface area contributed by atoms with Gasteiger partial charge < -0.3 is 20.3 Å². The summed E-state index contributed by atoms with van der Waals surface area (Å²) in [4.78, 5) is 16.0. The van der Waals surface area contributed by atoms with Crippen molar-refractivity contribution in [1.82, 2.24) is 10.3 Å². The number of pyridine rings is 1. The van der Waals surface area contributed by atoms with Gasteiger partial charge in [-0.05, 0) is 22.9 Å². The Morgan fingerprint density at radius 3 is 3.00 bits per heavy atom. The van der Waals surface area contributed by atoms with Crippen molar-refractivity contribution in [3.8, 4) is 0 Å². The Labute approximate surface area is 93.4 Å². The van der Waals surface area contributed by atoms with Gasteiger partial charge in [-0.2, -0.15) is 0 Å². The third-order valence-electron chi connectivity index (χ3n) is 2.75. The van der Waals surface area contributed by atoms with Crippen LogP contribution in [0.5, 0.6) is 0 Å². The Kier molecular flexibility index (Phi) is 3.00. The molecule has 1 aliphatic heterocycles. The molecule has 1 saturated heterocycles. The van der Waals surface area contributed by atoms with Gasteiger partial charge in [-0.15, -0.1) is 0 Å². The van der Waals surface area contributed by atoms with Gasteiger partial charge in [0.2, 0.25) is 0 Å². The van der Waals surface area contributed by atoms with Crippen molar-refractivity contribution >= 4 is 11.5 Å². The molecule has 0 spiro atoms. The minimum atomic E-state index is -0.481. The molecule has 0 saturated carbocycles. The average Bonchev–Trinajstić information content (AvgIpc) is 2.30. The summed E-state index contributed by atoms with van der Waals surface area (Å²) in [7, 11) is 0. The Morgan fingerprint density at radius 2 is 2.44 bits per heavy atom. The molecule has 86 valence electrons. The highest BCUT2D eigenvalue weighted by molar-refractivity contribution is 5.47. The highest BCUT2D eigenvalue weighted by atomic mass is 16.6. The van der Waals surface area contributed by atoms with Crippen molar-refractivity contribution in [3.05, 3.63) is 28.4 Å². The van der Waals surface area contributed by atoms with Crippen molar-refractivity contribution in [2.24, 2.45) is 0 Å². The van der Waals surface area contributed by atoms with E-state index in [0.29, 0.717) is 6.04 Å². The smallest absolute Gasteiger partial charge is 0.363 e. The summed E-state index contributed by atoms with van der Waals surface area (Å²) in [5.74, 6) is -0.105. The summed E-state index contributed by atoms with van der Waals surface area (Å²) in [5, 5.41) is 13.8. The van der Waals surface area contributed by atoms with Gasteiger partial charge in [0.05, 0.1) is 5.69 Å². The molecule has 0 amide bonds. The number of rotatable bonds is 2. The van der Waals surface area contributed by atoms with Crippen LogP contribution in [0.3, 0.4) is 0 Å². The lowest BCUT2D eigenvalue weighted by molar-refractivity contribution is -0.389. The Hall–Kier alpha value is -1.69. The normalized spacial score (nSPS) is 20.8. The molecule has 6 nitrogen and oxygen atoms in total. The van der Waals surface area contributed by atoms with E-state index in [4.69, 9.17) is 0 Å². The van der Waals surface area contributed by atoms with Crippen molar-refractivity contribution in [2.45, 2.75) is 13.0 Å². The van der Waals surface area contributed by atoms with Crippen molar-refractivity contribution in [3.63, 3.8) is 0 Å². The van der Waals surface area contributed by atoms with E-state index in [0.717, 1.165) is 25.3 Å². The SMILES string of the molecule is C[C@@H]1CNCCN1c1ccc([N+](=O)[O-])nc1. The molecule has 1 atom stereocenters. The van der Waals surface area contributed by atoms with Crippen LogP contribution < -0.4 is 10.2 Å². The first-order valence-corrected chi connectivity index (χ1v) is 5.26. The van der Waals surface area contributed by atoms with Gasteiger partial charge in [0.15, 0.2) is 6.20 Å². The maximum Gasteiger partial charge on any atom is 0.363 e. The molecule has 1 aromatic rings. The maximum atomic E-state index is 10.5. The summed E-state index contributed by atoms with van der Waals surface area (Å²) < 4.78 is 0. The molecule has 2 heterocycles. The van der Waals surface area contributed by atoms with E-state index in [1.54, 1.807) is 12.3 Å². The topological polar surface area (TPSA) is 71.3 Å². The first-order chi connectivity index (χ1) is 7.68. The van der Waals surface area contributed by atoms with Gasteiger partial charge in [0.25, 0.3) is 0 Å². The number of hydrogen-bond acceptors (Lipinski definition) is 5. The lowest BCUT2D eigenvalue weighted by Crippen LogP contribution is -2.49. The Morgan fingerprint density at radius 1 is 1.62 bits per heavy atom. The monoisotopic (exact) mass is 222 g/mol. The quantitative estimate of drug-likeness (QED) is 0.591. The molecule has 0 aromatic carbocycles. The molecular weight excluding hydrogens is 208 g/mol. The zero-order valence-corrected chi connectivity index (χ0v) is 9.09. The summed E-state index contributed by atoms with van der Waals surface area (Å²) in [6, 6.07) is 3.59. The van der Waals surface area contributed by atoms with Crippen molar-refractivity contribution in [1.29, 1.82) is 0 Å².